The van der Waals surface area contributed by atoms with E-state index in [9.17, 15) is 14.0 Å². The second-order valence-corrected chi connectivity index (χ2v) is 5.60. The van der Waals surface area contributed by atoms with Crippen LogP contribution in [0.25, 0.3) is 0 Å². The molecule has 0 unspecified atom stereocenters. The van der Waals surface area contributed by atoms with E-state index in [0.29, 0.717) is 16.9 Å². The van der Waals surface area contributed by atoms with E-state index >= 15 is 0 Å². The normalized spacial score (nSPS) is 10.2. The van der Waals surface area contributed by atoms with Crippen LogP contribution in [-0.4, -0.2) is 35.9 Å². The number of hydrogen-bond acceptors (Lipinski definition) is 3. The Hall–Kier alpha value is -2.67. The number of aromatic nitrogens is 1. The minimum atomic E-state index is -0.513. The van der Waals surface area contributed by atoms with Gasteiger partial charge in [-0.3, -0.25) is 10.1 Å². The number of nitrogens with one attached hydrogen (secondary N) is 2. The Kier molecular flexibility index (Phi) is 5.70. The Morgan fingerprint density at radius 2 is 2.00 bits per heavy atom. The standard InChI is InChI=1S/C16H16ClFN4O2/c1-22(2)15(23)11-4-6-14(19-9-11)21-16(24)20-8-10-3-5-13(18)12(17)7-10/h3-7,9H,8H2,1-2H3,(H2,19,20,21,24). The van der Waals surface area contributed by atoms with Crippen LogP contribution >= 0.6 is 11.6 Å². The fraction of sp³-hybridized carbons (Fsp3) is 0.188. The van der Waals surface area contributed by atoms with Gasteiger partial charge in [0.1, 0.15) is 11.6 Å². The highest BCUT2D eigenvalue weighted by molar-refractivity contribution is 6.30. The summed E-state index contributed by atoms with van der Waals surface area (Å²) < 4.78 is 13.1. The zero-order valence-electron chi connectivity index (χ0n) is 13.1. The van der Waals surface area contributed by atoms with Gasteiger partial charge in [-0.1, -0.05) is 17.7 Å². The van der Waals surface area contributed by atoms with Gasteiger partial charge in [0.15, 0.2) is 0 Å². The SMILES string of the molecule is CN(C)C(=O)c1ccc(NC(=O)NCc2ccc(F)c(Cl)c2)nc1. The molecule has 6 nitrogen and oxygen atoms in total. The fourth-order valence-electron chi connectivity index (χ4n) is 1.84. The van der Waals surface area contributed by atoms with Gasteiger partial charge >= 0.3 is 6.03 Å². The lowest BCUT2D eigenvalue weighted by Gasteiger charge is -2.11. The van der Waals surface area contributed by atoms with Gasteiger partial charge < -0.3 is 10.2 Å². The molecule has 0 saturated heterocycles. The minimum Gasteiger partial charge on any atom is -0.345 e. The second kappa shape index (κ2) is 7.74. The third kappa shape index (κ3) is 4.66. The largest absolute Gasteiger partial charge is 0.345 e. The van der Waals surface area contributed by atoms with E-state index in [0.717, 1.165) is 0 Å². The summed E-state index contributed by atoms with van der Waals surface area (Å²) in [5.74, 6) is -0.381. The molecule has 1 heterocycles. The van der Waals surface area contributed by atoms with Crippen molar-refractivity contribution in [2.75, 3.05) is 19.4 Å². The van der Waals surface area contributed by atoms with E-state index in [4.69, 9.17) is 11.6 Å². The molecule has 24 heavy (non-hydrogen) atoms. The summed E-state index contributed by atoms with van der Waals surface area (Å²) in [5.41, 5.74) is 1.09. The average molecular weight is 351 g/mol. The number of nitrogens with zero attached hydrogens (tertiary/aromatic N) is 2. The third-order valence-electron chi connectivity index (χ3n) is 3.10. The minimum absolute atomic E-state index is 0.00229. The number of carbonyl (C=O) groups is 2. The van der Waals surface area contributed by atoms with Crippen LogP contribution in [0.15, 0.2) is 36.5 Å². The molecule has 0 aliphatic heterocycles. The number of halogens is 2. The Balaban J connectivity index is 1.90. The molecule has 3 amide bonds. The van der Waals surface area contributed by atoms with E-state index in [1.54, 1.807) is 20.2 Å². The van der Waals surface area contributed by atoms with E-state index in [1.165, 1.54) is 35.4 Å². The van der Waals surface area contributed by atoms with Crippen LogP contribution < -0.4 is 10.6 Å². The number of amides is 3. The fourth-order valence-corrected chi connectivity index (χ4v) is 2.05. The zero-order valence-corrected chi connectivity index (χ0v) is 13.9. The monoisotopic (exact) mass is 350 g/mol. The van der Waals surface area contributed by atoms with Crippen molar-refractivity contribution >= 4 is 29.4 Å². The van der Waals surface area contributed by atoms with E-state index in [2.05, 4.69) is 15.6 Å². The van der Waals surface area contributed by atoms with Crippen LogP contribution in [0, 0.1) is 5.82 Å². The lowest BCUT2D eigenvalue weighted by atomic mass is 10.2. The number of benzene rings is 1. The molecular weight excluding hydrogens is 335 g/mol. The molecule has 2 aromatic rings. The molecule has 0 radical (unpaired) electrons. The molecule has 8 heteroatoms. The van der Waals surface area contributed by atoms with E-state index in [1.807, 2.05) is 0 Å². The van der Waals surface area contributed by atoms with Crippen molar-refractivity contribution in [2.24, 2.45) is 0 Å². The highest BCUT2D eigenvalue weighted by atomic mass is 35.5. The quantitative estimate of drug-likeness (QED) is 0.890. The van der Waals surface area contributed by atoms with Crippen LogP contribution in [-0.2, 0) is 6.54 Å². The first-order valence-electron chi connectivity index (χ1n) is 7.03. The van der Waals surface area contributed by atoms with Crippen molar-refractivity contribution in [3.63, 3.8) is 0 Å². The Labute approximate surface area is 143 Å². The number of rotatable bonds is 4. The summed E-state index contributed by atoms with van der Waals surface area (Å²) in [7, 11) is 3.29. The number of hydrogen-bond donors (Lipinski definition) is 2. The molecule has 1 aromatic heterocycles. The first-order chi connectivity index (χ1) is 11.4. The molecule has 0 spiro atoms. The molecule has 0 saturated carbocycles. The number of carbonyl (C=O) groups excluding carboxylic acids is 2. The highest BCUT2D eigenvalue weighted by Gasteiger charge is 2.09. The topological polar surface area (TPSA) is 74.3 Å². The molecule has 126 valence electrons. The van der Waals surface area contributed by atoms with Crippen LogP contribution in [0.4, 0.5) is 15.0 Å². The highest BCUT2D eigenvalue weighted by Crippen LogP contribution is 2.15. The first kappa shape index (κ1) is 17.7. The van der Waals surface area contributed by atoms with Crippen molar-refractivity contribution in [3.8, 4) is 0 Å². The van der Waals surface area contributed by atoms with Crippen molar-refractivity contribution in [3.05, 3.63) is 58.5 Å². The zero-order chi connectivity index (χ0) is 17.7. The van der Waals surface area contributed by atoms with Gasteiger partial charge in [0, 0.05) is 26.8 Å². The smallest absolute Gasteiger partial charge is 0.320 e. The average Bonchev–Trinajstić information content (AvgIpc) is 2.56. The Bertz CT molecular complexity index is 750. The summed E-state index contributed by atoms with van der Waals surface area (Å²) in [6.45, 7) is 0.184. The molecule has 0 atom stereocenters. The van der Waals surface area contributed by atoms with Gasteiger partial charge in [-0.15, -0.1) is 0 Å². The van der Waals surface area contributed by atoms with Gasteiger partial charge in [-0.05, 0) is 29.8 Å². The summed E-state index contributed by atoms with van der Waals surface area (Å²) in [6.07, 6.45) is 1.39. The van der Waals surface area contributed by atoms with Crippen molar-refractivity contribution < 1.29 is 14.0 Å². The molecular formula is C16H16ClFN4O2. The molecule has 1 aromatic carbocycles. The van der Waals surface area contributed by atoms with Crippen LogP contribution in [0.3, 0.4) is 0 Å². The molecule has 0 bridgehead atoms. The van der Waals surface area contributed by atoms with Crippen molar-refractivity contribution in [2.45, 2.75) is 6.54 Å². The lowest BCUT2D eigenvalue weighted by Crippen LogP contribution is -2.28. The number of pyridine rings is 1. The Morgan fingerprint density at radius 3 is 2.58 bits per heavy atom. The summed E-state index contributed by atoms with van der Waals surface area (Å²) in [4.78, 5) is 29.0. The number of urea groups is 1. The summed E-state index contributed by atoms with van der Waals surface area (Å²) >= 11 is 5.68. The third-order valence-corrected chi connectivity index (χ3v) is 3.38. The van der Waals surface area contributed by atoms with Crippen LogP contribution in [0.1, 0.15) is 15.9 Å². The predicted octanol–water partition coefficient (Wildman–Crippen LogP) is 2.90. The van der Waals surface area contributed by atoms with E-state index in [-0.39, 0.29) is 17.5 Å². The maximum absolute atomic E-state index is 13.1. The first-order valence-corrected chi connectivity index (χ1v) is 7.41. The van der Waals surface area contributed by atoms with Crippen LogP contribution in [0.5, 0.6) is 0 Å². The van der Waals surface area contributed by atoms with E-state index < -0.39 is 11.8 Å². The molecule has 0 aliphatic carbocycles. The van der Waals surface area contributed by atoms with Crippen molar-refractivity contribution in [1.82, 2.24) is 15.2 Å². The van der Waals surface area contributed by atoms with Gasteiger partial charge in [0.25, 0.3) is 5.91 Å². The van der Waals surface area contributed by atoms with Gasteiger partial charge in [-0.25, -0.2) is 14.2 Å². The Morgan fingerprint density at radius 1 is 1.25 bits per heavy atom. The molecule has 2 N–H and O–H groups in total. The van der Waals surface area contributed by atoms with Crippen molar-refractivity contribution in [1.29, 1.82) is 0 Å². The second-order valence-electron chi connectivity index (χ2n) is 5.19. The molecule has 0 aliphatic rings. The molecule has 0 fully saturated rings. The maximum Gasteiger partial charge on any atom is 0.320 e. The number of anilines is 1. The van der Waals surface area contributed by atoms with Gasteiger partial charge in [0.2, 0.25) is 0 Å². The van der Waals surface area contributed by atoms with Gasteiger partial charge in [-0.2, -0.15) is 0 Å². The lowest BCUT2D eigenvalue weighted by molar-refractivity contribution is 0.0827. The van der Waals surface area contributed by atoms with Gasteiger partial charge in [0.05, 0.1) is 10.6 Å². The molecule has 2 rings (SSSR count). The van der Waals surface area contributed by atoms with Crippen LogP contribution in [0.2, 0.25) is 5.02 Å². The maximum atomic E-state index is 13.1. The summed E-state index contributed by atoms with van der Waals surface area (Å²) in [6, 6.07) is 6.84. The summed E-state index contributed by atoms with van der Waals surface area (Å²) in [5, 5.41) is 5.14. The predicted molar refractivity (Wildman–Crippen MR) is 89.5 cm³/mol.